The lowest BCUT2D eigenvalue weighted by atomic mass is 9.95. The lowest BCUT2D eigenvalue weighted by Crippen LogP contribution is -2.42. The summed E-state index contributed by atoms with van der Waals surface area (Å²) in [4.78, 5) is 14.7. The van der Waals surface area contributed by atoms with Crippen molar-refractivity contribution < 1.29 is 13.9 Å². The van der Waals surface area contributed by atoms with Crippen molar-refractivity contribution in [3.05, 3.63) is 65.0 Å². The fourth-order valence-electron chi connectivity index (χ4n) is 3.97. The number of halogens is 2. The summed E-state index contributed by atoms with van der Waals surface area (Å²) in [7, 11) is 0. The van der Waals surface area contributed by atoms with Gasteiger partial charge in [-0.15, -0.1) is 12.4 Å². The Morgan fingerprint density at radius 3 is 2.86 bits per heavy atom. The van der Waals surface area contributed by atoms with Crippen LogP contribution in [0.3, 0.4) is 0 Å². The number of hydrogen-bond acceptors (Lipinski definition) is 3. The Morgan fingerprint density at radius 1 is 1.21 bits per heavy atom. The van der Waals surface area contributed by atoms with Gasteiger partial charge < -0.3 is 15.0 Å². The van der Waals surface area contributed by atoms with Crippen molar-refractivity contribution in [2.24, 2.45) is 5.92 Å². The molecule has 4 nitrogen and oxygen atoms in total. The second-order valence-electron chi connectivity index (χ2n) is 7.38. The number of amides is 1. The van der Waals surface area contributed by atoms with E-state index >= 15 is 0 Å². The zero-order valence-corrected chi connectivity index (χ0v) is 16.6. The van der Waals surface area contributed by atoms with Gasteiger partial charge in [-0.2, -0.15) is 0 Å². The van der Waals surface area contributed by atoms with Gasteiger partial charge in [0.25, 0.3) is 5.91 Å². The first-order chi connectivity index (χ1) is 13.2. The molecular formula is C22H26ClFN2O2. The molecule has 0 spiro atoms. The normalized spacial score (nSPS) is 18.8. The molecule has 2 heterocycles. The molecule has 2 aromatic rings. The highest BCUT2D eigenvalue weighted by Crippen LogP contribution is 2.25. The Labute approximate surface area is 171 Å². The molecule has 6 heteroatoms. The van der Waals surface area contributed by atoms with E-state index in [-0.39, 0.29) is 35.6 Å². The third kappa shape index (κ3) is 4.47. The highest BCUT2D eigenvalue weighted by atomic mass is 35.5. The van der Waals surface area contributed by atoms with Crippen molar-refractivity contribution in [2.45, 2.75) is 25.8 Å². The third-order valence-electron chi connectivity index (χ3n) is 5.48. The van der Waals surface area contributed by atoms with E-state index < -0.39 is 0 Å². The fourth-order valence-corrected chi connectivity index (χ4v) is 3.97. The van der Waals surface area contributed by atoms with Gasteiger partial charge in [0.1, 0.15) is 11.6 Å². The van der Waals surface area contributed by atoms with E-state index in [1.54, 1.807) is 11.0 Å². The van der Waals surface area contributed by atoms with Crippen molar-refractivity contribution in [3.63, 3.8) is 0 Å². The maximum atomic E-state index is 14.9. The monoisotopic (exact) mass is 404 g/mol. The van der Waals surface area contributed by atoms with Crippen LogP contribution in [0.4, 0.5) is 4.39 Å². The number of likely N-dealkylation sites (tertiary alicyclic amines) is 1. The maximum Gasteiger partial charge on any atom is 0.256 e. The number of fused-ring (bicyclic) bond motifs is 1. The number of ether oxygens (including phenoxy) is 1. The molecule has 0 saturated carbocycles. The Bertz CT molecular complexity index is 816. The summed E-state index contributed by atoms with van der Waals surface area (Å²) in [5.74, 6) is 0.553. The minimum absolute atomic E-state index is 0. The summed E-state index contributed by atoms with van der Waals surface area (Å²) >= 11 is 0. The molecule has 1 saturated heterocycles. The molecule has 28 heavy (non-hydrogen) atoms. The molecule has 1 fully saturated rings. The molecular weight excluding hydrogens is 379 g/mol. The molecule has 1 unspecified atom stereocenters. The molecule has 2 aliphatic rings. The van der Waals surface area contributed by atoms with E-state index in [0.29, 0.717) is 31.8 Å². The largest absolute Gasteiger partial charge is 0.493 e. The first-order valence-corrected chi connectivity index (χ1v) is 9.70. The quantitative estimate of drug-likeness (QED) is 0.842. The predicted molar refractivity (Wildman–Crippen MR) is 110 cm³/mol. The van der Waals surface area contributed by atoms with Crippen LogP contribution in [0.25, 0.3) is 0 Å². The van der Waals surface area contributed by atoms with Crippen molar-refractivity contribution in [1.82, 2.24) is 10.2 Å². The summed E-state index contributed by atoms with van der Waals surface area (Å²) in [5, 5.41) is 3.19. The predicted octanol–water partition coefficient (Wildman–Crippen LogP) is 3.82. The number of carbonyl (C=O) groups is 1. The minimum atomic E-state index is -0.354. The highest BCUT2D eigenvalue weighted by molar-refractivity contribution is 5.95. The summed E-state index contributed by atoms with van der Waals surface area (Å²) in [5.41, 5.74) is 1.85. The zero-order chi connectivity index (χ0) is 18.6. The Balaban J connectivity index is 0.00000225. The van der Waals surface area contributed by atoms with Gasteiger partial charge in [-0.1, -0.05) is 24.3 Å². The number of carbonyl (C=O) groups excluding carboxylic acids is 1. The molecule has 2 aliphatic heterocycles. The molecule has 1 atom stereocenters. The average molecular weight is 405 g/mol. The number of rotatable bonds is 4. The molecule has 0 radical (unpaired) electrons. The zero-order valence-electron chi connectivity index (χ0n) is 15.8. The van der Waals surface area contributed by atoms with Gasteiger partial charge in [0.15, 0.2) is 0 Å². The van der Waals surface area contributed by atoms with Crippen LogP contribution in [-0.4, -0.2) is 37.0 Å². The summed E-state index contributed by atoms with van der Waals surface area (Å²) in [6.45, 7) is 3.21. The number of nitrogens with one attached hydrogen (secondary N) is 1. The molecule has 0 bridgehead atoms. The Kier molecular flexibility index (Phi) is 6.92. The first kappa shape index (κ1) is 20.6. The van der Waals surface area contributed by atoms with Gasteiger partial charge in [-0.05, 0) is 49.6 Å². The molecule has 2 aromatic carbocycles. The number of hydrogen-bond donors (Lipinski definition) is 1. The number of piperidine rings is 1. The van der Waals surface area contributed by atoms with Gasteiger partial charge in [-0.25, -0.2) is 4.39 Å². The van der Waals surface area contributed by atoms with Crippen LogP contribution in [0.1, 0.15) is 34.3 Å². The summed E-state index contributed by atoms with van der Waals surface area (Å²) in [6, 6.07) is 13.3. The third-order valence-corrected chi connectivity index (χ3v) is 5.48. The van der Waals surface area contributed by atoms with Crippen LogP contribution >= 0.6 is 12.4 Å². The fraction of sp³-hybridized carbons (Fsp3) is 0.409. The van der Waals surface area contributed by atoms with E-state index in [9.17, 15) is 9.18 Å². The van der Waals surface area contributed by atoms with E-state index in [4.69, 9.17) is 4.74 Å². The Hall–Kier alpha value is -2.11. The highest BCUT2D eigenvalue weighted by Gasteiger charge is 2.28. The topological polar surface area (TPSA) is 41.6 Å². The summed E-state index contributed by atoms with van der Waals surface area (Å²) in [6.07, 6.45) is 2.75. The summed E-state index contributed by atoms with van der Waals surface area (Å²) < 4.78 is 20.8. The number of nitrogens with zero attached hydrogens (tertiary/aromatic N) is 1. The van der Waals surface area contributed by atoms with Gasteiger partial charge in [0, 0.05) is 31.1 Å². The van der Waals surface area contributed by atoms with Crippen LogP contribution < -0.4 is 10.1 Å². The lowest BCUT2D eigenvalue weighted by Gasteiger charge is -2.33. The standard InChI is InChI=1S/C22H25FN2O2.ClH/c23-21-19(9-8-17-10-11-24-13-20(17)21)22(26)25-12-4-5-16(14-25)15-27-18-6-2-1-3-7-18;/h1-3,6-9,16,24H,4-5,10-15H2;1H. The molecule has 0 aromatic heterocycles. The molecule has 4 rings (SSSR count). The van der Waals surface area contributed by atoms with Crippen LogP contribution in [0, 0.1) is 11.7 Å². The van der Waals surface area contributed by atoms with Crippen molar-refractivity contribution in [2.75, 3.05) is 26.2 Å². The molecule has 150 valence electrons. The molecule has 1 amide bonds. The van der Waals surface area contributed by atoms with E-state index in [1.807, 2.05) is 36.4 Å². The van der Waals surface area contributed by atoms with Crippen molar-refractivity contribution >= 4 is 18.3 Å². The minimum Gasteiger partial charge on any atom is -0.493 e. The van der Waals surface area contributed by atoms with E-state index in [1.165, 1.54) is 0 Å². The number of para-hydroxylation sites is 1. The lowest BCUT2D eigenvalue weighted by molar-refractivity contribution is 0.0628. The van der Waals surface area contributed by atoms with Crippen LogP contribution in [0.15, 0.2) is 42.5 Å². The van der Waals surface area contributed by atoms with E-state index in [0.717, 1.165) is 37.1 Å². The first-order valence-electron chi connectivity index (χ1n) is 9.70. The second kappa shape index (κ2) is 9.39. The number of benzene rings is 2. The smallest absolute Gasteiger partial charge is 0.256 e. The van der Waals surface area contributed by atoms with Crippen molar-refractivity contribution in [3.8, 4) is 5.75 Å². The van der Waals surface area contributed by atoms with Gasteiger partial charge in [0.05, 0.1) is 12.2 Å². The average Bonchev–Trinajstić information content (AvgIpc) is 2.73. The van der Waals surface area contributed by atoms with E-state index in [2.05, 4.69) is 5.32 Å². The van der Waals surface area contributed by atoms with Gasteiger partial charge in [-0.3, -0.25) is 4.79 Å². The van der Waals surface area contributed by atoms with Gasteiger partial charge in [0.2, 0.25) is 0 Å². The van der Waals surface area contributed by atoms with Crippen molar-refractivity contribution in [1.29, 1.82) is 0 Å². The molecule has 0 aliphatic carbocycles. The SMILES string of the molecule is Cl.O=C(c1ccc2c(c1F)CNCC2)N1CCCC(COc2ccccc2)C1. The van der Waals surface area contributed by atoms with Crippen LogP contribution in [-0.2, 0) is 13.0 Å². The second-order valence-corrected chi connectivity index (χ2v) is 7.38. The van der Waals surface area contributed by atoms with Crippen LogP contribution in [0.2, 0.25) is 0 Å². The Morgan fingerprint density at radius 2 is 2.04 bits per heavy atom. The van der Waals surface area contributed by atoms with Crippen LogP contribution in [0.5, 0.6) is 5.75 Å². The maximum absolute atomic E-state index is 14.9. The molecule has 1 N–H and O–H groups in total. The van der Waals surface area contributed by atoms with Gasteiger partial charge >= 0.3 is 0 Å².